The Bertz CT molecular complexity index is 1450. The summed E-state index contributed by atoms with van der Waals surface area (Å²) >= 11 is 6.03. The lowest BCUT2D eigenvalue weighted by atomic mass is 10.0. The number of nitrogens with one attached hydrogen (secondary N) is 1. The van der Waals surface area contributed by atoms with E-state index >= 15 is 0 Å². The summed E-state index contributed by atoms with van der Waals surface area (Å²) in [6.45, 7) is 1.99. The van der Waals surface area contributed by atoms with Gasteiger partial charge in [0.1, 0.15) is 6.04 Å². The average molecular weight is 624 g/mol. The van der Waals surface area contributed by atoms with E-state index in [9.17, 15) is 31.2 Å². The third-order valence-corrected chi connectivity index (χ3v) is 7.95. The van der Waals surface area contributed by atoms with Gasteiger partial charge in [-0.15, -0.1) is 0 Å². The van der Waals surface area contributed by atoms with Crippen LogP contribution >= 0.6 is 11.6 Å². The van der Waals surface area contributed by atoms with Gasteiger partial charge in [-0.05, 0) is 54.8 Å². The number of hydrogen-bond acceptors (Lipinski definition) is 4. The van der Waals surface area contributed by atoms with E-state index in [1.54, 1.807) is 31.2 Å². The number of alkyl halides is 3. The van der Waals surface area contributed by atoms with Crippen LogP contribution < -0.4 is 9.62 Å². The van der Waals surface area contributed by atoms with Gasteiger partial charge >= 0.3 is 6.18 Å². The molecule has 1 N–H and O–H groups in total. The third kappa shape index (κ3) is 9.49. The van der Waals surface area contributed by atoms with Crippen molar-refractivity contribution in [3.8, 4) is 0 Å². The molecular weight excluding hydrogens is 591 g/mol. The van der Waals surface area contributed by atoms with Crippen LogP contribution in [-0.2, 0) is 38.8 Å². The molecule has 12 heteroatoms. The second-order valence-corrected chi connectivity index (χ2v) is 12.1. The molecule has 1 atom stereocenters. The number of sulfonamides is 1. The van der Waals surface area contributed by atoms with E-state index in [2.05, 4.69) is 5.32 Å². The van der Waals surface area contributed by atoms with Crippen LogP contribution in [0.2, 0.25) is 5.02 Å². The van der Waals surface area contributed by atoms with E-state index in [1.807, 2.05) is 30.3 Å². The van der Waals surface area contributed by atoms with Crippen molar-refractivity contribution >= 4 is 39.1 Å². The second kappa shape index (κ2) is 14.6. The number of benzene rings is 3. The monoisotopic (exact) mass is 623 g/mol. The van der Waals surface area contributed by atoms with Crippen molar-refractivity contribution in [2.24, 2.45) is 0 Å². The second-order valence-electron chi connectivity index (χ2n) is 9.73. The molecule has 0 saturated carbocycles. The molecule has 3 rings (SSSR count). The van der Waals surface area contributed by atoms with Crippen LogP contribution in [0, 0.1) is 0 Å². The van der Waals surface area contributed by atoms with Crippen molar-refractivity contribution in [3.05, 3.63) is 101 Å². The van der Waals surface area contributed by atoms with Crippen molar-refractivity contribution < 1.29 is 31.2 Å². The van der Waals surface area contributed by atoms with Crippen LogP contribution in [-0.4, -0.2) is 50.5 Å². The number of carbonyl (C=O) groups is 2. The fourth-order valence-electron chi connectivity index (χ4n) is 4.47. The van der Waals surface area contributed by atoms with Crippen molar-refractivity contribution in [1.29, 1.82) is 0 Å². The molecule has 0 radical (unpaired) electrons. The number of halogens is 4. The zero-order chi connectivity index (χ0) is 30.9. The first-order valence-corrected chi connectivity index (χ1v) is 15.5. The molecule has 0 unspecified atom stereocenters. The predicted octanol–water partition coefficient (Wildman–Crippen LogP) is 5.68. The first kappa shape index (κ1) is 32.9. The Hall–Kier alpha value is -3.57. The highest BCUT2D eigenvalue weighted by molar-refractivity contribution is 7.92. The normalized spacial score (nSPS) is 12.4. The smallest absolute Gasteiger partial charge is 0.355 e. The Morgan fingerprint density at radius 3 is 2.21 bits per heavy atom. The fourth-order valence-corrected chi connectivity index (χ4v) is 5.56. The molecule has 0 spiro atoms. The van der Waals surface area contributed by atoms with Crippen molar-refractivity contribution in [3.63, 3.8) is 0 Å². The highest BCUT2D eigenvalue weighted by atomic mass is 35.5. The molecule has 0 aliphatic carbocycles. The molecule has 42 heavy (non-hydrogen) atoms. The van der Waals surface area contributed by atoms with Crippen molar-refractivity contribution in [2.45, 2.75) is 44.9 Å². The molecule has 0 aliphatic rings. The van der Waals surface area contributed by atoms with Crippen LogP contribution in [0.4, 0.5) is 18.9 Å². The molecule has 0 aromatic heterocycles. The highest BCUT2D eigenvalue weighted by Gasteiger charge is 2.32. The summed E-state index contributed by atoms with van der Waals surface area (Å²) in [6.07, 6.45) is -3.65. The Balaban J connectivity index is 1.87. The van der Waals surface area contributed by atoms with Crippen molar-refractivity contribution in [1.82, 2.24) is 10.2 Å². The van der Waals surface area contributed by atoms with Gasteiger partial charge in [-0.3, -0.25) is 13.9 Å². The van der Waals surface area contributed by atoms with Gasteiger partial charge in [0, 0.05) is 37.5 Å². The molecule has 0 heterocycles. The van der Waals surface area contributed by atoms with E-state index in [0.29, 0.717) is 11.6 Å². The number of likely N-dealkylation sites (N-methyl/N-ethyl adjacent to an activating group) is 1. The minimum Gasteiger partial charge on any atom is -0.355 e. The number of amides is 2. The summed E-state index contributed by atoms with van der Waals surface area (Å²) in [7, 11) is -3.96. The Labute approximate surface area is 249 Å². The summed E-state index contributed by atoms with van der Waals surface area (Å²) in [5.74, 6) is -0.750. The molecular formula is C30H33ClF3N3O4S. The molecule has 226 valence electrons. The van der Waals surface area contributed by atoms with Gasteiger partial charge in [0.25, 0.3) is 0 Å². The van der Waals surface area contributed by atoms with Gasteiger partial charge in [-0.25, -0.2) is 8.42 Å². The van der Waals surface area contributed by atoms with Crippen LogP contribution in [0.1, 0.15) is 36.5 Å². The van der Waals surface area contributed by atoms with Crippen molar-refractivity contribution in [2.75, 3.05) is 23.7 Å². The lowest BCUT2D eigenvalue weighted by molar-refractivity contribution is -0.141. The predicted molar refractivity (Wildman–Crippen MR) is 157 cm³/mol. The largest absolute Gasteiger partial charge is 0.416 e. The van der Waals surface area contributed by atoms with Gasteiger partial charge in [0.15, 0.2) is 0 Å². The summed E-state index contributed by atoms with van der Waals surface area (Å²) in [6, 6.07) is 19.2. The quantitative estimate of drug-likeness (QED) is 0.265. The number of hydrogen-bond donors (Lipinski definition) is 1. The summed E-state index contributed by atoms with van der Waals surface area (Å²) in [5, 5.41) is 3.31. The number of nitrogens with zero attached hydrogens (tertiary/aromatic N) is 2. The Kier molecular flexibility index (Phi) is 11.4. The molecule has 0 bridgehead atoms. The fraction of sp³-hybridized carbons (Fsp3) is 0.333. The van der Waals surface area contributed by atoms with Crippen LogP contribution in [0.3, 0.4) is 0 Å². The lowest BCUT2D eigenvalue weighted by Gasteiger charge is -2.32. The van der Waals surface area contributed by atoms with Crippen LogP contribution in [0.25, 0.3) is 0 Å². The zero-order valence-corrected chi connectivity index (χ0v) is 24.8. The first-order valence-electron chi connectivity index (χ1n) is 13.3. The number of rotatable bonds is 13. The van der Waals surface area contributed by atoms with E-state index in [1.165, 1.54) is 11.0 Å². The molecule has 2 amide bonds. The van der Waals surface area contributed by atoms with Gasteiger partial charge in [0.05, 0.1) is 17.5 Å². The molecule has 3 aromatic rings. The zero-order valence-electron chi connectivity index (χ0n) is 23.3. The first-order chi connectivity index (χ1) is 19.8. The summed E-state index contributed by atoms with van der Waals surface area (Å²) < 4.78 is 65.7. The maximum Gasteiger partial charge on any atom is 0.416 e. The molecule has 7 nitrogen and oxygen atoms in total. The van der Waals surface area contributed by atoms with E-state index in [0.717, 1.165) is 39.9 Å². The topological polar surface area (TPSA) is 86.8 Å². The minimum atomic E-state index is -4.65. The SMILES string of the molecule is CCNC(=O)[C@@H](Cc1ccccc1)N(Cc1ccc(Cl)cc1)C(=O)CCCN(c1cccc(C(F)(F)F)c1)S(C)(=O)=O. The van der Waals surface area contributed by atoms with Crippen LogP contribution in [0.15, 0.2) is 78.9 Å². The molecule has 0 aliphatic heterocycles. The van der Waals surface area contributed by atoms with E-state index in [-0.39, 0.29) is 43.9 Å². The third-order valence-electron chi connectivity index (χ3n) is 6.50. The van der Waals surface area contributed by atoms with E-state index < -0.39 is 33.7 Å². The highest BCUT2D eigenvalue weighted by Crippen LogP contribution is 2.32. The average Bonchev–Trinajstić information content (AvgIpc) is 2.93. The lowest BCUT2D eigenvalue weighted by Crippen LogP contribution is -2.50. The summed E-state index contributed by atoms with van der Waals surface area (Å²) in [5.41, 5.74) is 0.443. The van der Waals surface area contributed by atoms with Crippen LogP contribution in [0.5, 0.6) is 0 Å². The molecule has 0 saturated heterocycles. The standard InChI is InChI=1S/C30H33ClF3N3O4S/c1-3-35-29(39)27(19-22-9-5-4-6-10-22)36(21-23-14-16-25(31)17-15-23)28(38)13-8-18-37(42(2,40)41)26-12-7-11-24(20-26)30(32,33)34/h4-7,9-12,14-17,20,27H,3,8,13,18-19,21H2,1-2H3,(H,35,39)/t27-/m1/s1. The van der Waals surface area contributed by atoms with Gasteiger partial charge in [-0.2, -0.15) is 13.2 Å². The Morgan fingerprint density at radius 2 is 1.62 bits per heavy atom. The van der Waals surface area contributed by atoms with Gasteiger partial charge < -0.3 is 10.2 Å². The van der Waals surface area contributed by atoms with E-state index in [4.69, 9.17) is 11.6 Å². The minimum absolute atomic E-state index is 0.00667. The van der Waals surface area contributed by atoms with Gasteiger partial charge in [0.2, 0.25) is 21.8 Å². The number of carbonyl (C=O) groups excluding carboxylic acids is 2. The summed E-state index contributed by atoms with van der Waals surface area (Å²) in [4.78, 5) is 28.4. The maximum absolute atomic E-state index is 13.7. The number of anilines is 1. The molecule has 3 aromatic carbocycles. The molecule has 0 fully saturated rings. The maximum atomic E-state index is 13.7. The Morgan fingerprint density at radius 1 is 0.952 bits per heavy atom. The van der Waals surface area contributed by atoms with Gasteiger partial charge in [-0.1, -0.05) is 60.1 Å².